The first kappa shape index (κ1) is 79.5. The quantitative estimate of drug-likeness (QED) is 0.0494. The van der Waals surface area contributed by atoms with Gasteiger partial charge in [0.05, 0.1) is 0 Å². The lowest BCUT2D eigenvalue weighted by Crippen LogP contribution is -2.37. The van der Waals surface area contributed by atoms with Gasteiger partial charge in [-0.15, -0.1) is 6.58 Å². The smallest absolute Gasteiger partial charge is 0.0392 e. The van der Waals surface area contributed by atoms with Crippen molar-refractivity contribution in [1.82, 2.24) is 4.90 Å². The fourth-order valence-corrected chi connectivity index (χ4v) is 12.2. The minimum absolute atomic E-state index is 0.0874. The lowest BCUT2D eigenvalue weighted by Gasteiger charge is -2.36. The monoisotopic (exact) mass is 1120 g/mol. The van der Waals surface area contributed by atoms with Crippen LogP contribution in [-0.2, 0) is 0 Å². The van der Waals surface area contributed by atoms with E-state index in [1.807, 2.05) is 33.8 Å². The molecule has 0 bridgehead atoms. The Morgan fingerprint density at radius 3 is 2.04 bits per heavy atom. The summed E-state index contributed by atoms with van der Waals surface area (Å²) in [7, 11) is 2.28. The van der Waals surface area contributed by atoms with Crippen LogP contribution < -0.4 is 0 Å². The molecule has 0 aromatic heterocycles. The molecule has 1 heterocycles. The van der Waals surface area contributed by atoms with Crippen molar-refractivity contribution in [2.45, 2.75) is 273 Å². The highest BCUT2D eigenvalue weighted by atomic mass is 35.5. The maximum Gasteiger partial charge on any atom is 0.0392 e. The third kappa shape index (κ3) is 32.4. The number of piperidine rings is 1. The highest BCUT2D eigenvalue weighted by Crippen LogP contribution is 2.40. The first-order valence-electron chi connectivity index (χ1n) is 33.5. The molecule has 8 unspecified atom stereocenters. The first-order valence-corrected chi connectivity index (χ1v) is 33.8. The van der Waals surface area contributed by atoms with Gasteiger partial charge in [-0.3, -0.25) is 4.90 Å². The molecule has 0 N–H and O–H groups in total. The molecule has 3 aliphatic rings. The average molecular weight is 1130 g/mol. The first-order chi connectivity index (χ1) is 37.7. The minimum atomic E-state index is 0.0874. The van der Waals surface area contributed by atoms with Gasteiger partial charge in [0.2, 0.25) is 0 Å². The third-order valence-corrected chi connectivity index (χ3v) is 20.0. The summed E-state index contributed by atoms with van der Waals surface area (Å²) in [5, 5.41) is 0.924. The number of halogens is 1. The molecule has 0 spiro atoms. The summed E-state index contributed by atoms with van der Waals surface area (Å²) in [5.41, 5.74) is 9.62. The summed E-state index contributed by atoms with van der Waals surface area (Å²) < 4.78 is 0. The predicted octanol–water partition coefficient (Wildman–Crippen LogP) is 25.9. The van der Waals surface area contributed by atoms with Gasteiger partial charge in [0.1, 0.15) is 0 Å². The van der Waals surface area contributed by atoms with E-state index in [4.69, 9.17) is 11.6 Å². The summed E-state index contributed by atoms with van der Waals surface area (Å²) >= 11 is 5.83. The molecule has 0 radical (unpaired) electrons. The average Bonchev–Trinajstić information content (AvgIpc) is 3.45. The summed E-state index contributed by atoms with van der Waals surface area (Å²) in [5.74, 6) is 8.40. The fourth-order valence-electron chi connectivity index (χ4n) is 12.0. The summed E-state index contributed by atoms with van der Waals surface area (Å²) in [6, 6.07) is 0.663. The number of hydrogen-bond acceptors (Lipinski definition) is 1. The Morgan fingerprint density at radius 1 is 0.838 bits per heavy atom. The number of likely N-dealkylation sites (tertiary alicyclic amines) is 1. The molecule has 80 heavy (non-hydrogen) atoms. The van der Waals surface area contributed by atoms with Crippen molar-refractivity contribution in [2.24, 2.45) is 76.4 Å². The molecule has 1 nitrogen and oxygen atoms in total. The Labute approximate surface area is 508 Å². The zero-order chi connectivity index (χ0) is 61.7. The molecule has 0 aromatic carbocycles. The Bertz CT molecular complexity index is 1890. The number of nitrogens with zero attached hydrogens (tertiary/aromatic N) is 1. The van der Waals surface area contributed by atoms with Crippen molar-refractivity contribution in [3.05, 3.63) is 132 Å². The molecule has 3 rings (SSSR count). The van der Waals surface area contributed by atoms with Gasteiger partial charge in [-0.1, -0.05) is 264 Å². The molecular formula is C78H138ClN. The van der Waals surface area contributed by atoms with E-state index < -0.39 is 0 Å². The second kappa shape index (κ2) is 44.8. The normalized spacial score (nSPS) is 22.9. The molecule has 1 saturated carbocycles. The maximum atomic E-state index is 5.83. The summed E-state index contributed by atoms with van der Waals surface area (Å²) in [6.45, 7) is 71.8. The van der Waals surface area contributed by atoms with Crippen LogP contribution in [0.15, 0.2) is 132 Å². The maximum absolute atomic E-state index is 5.83. The van der Waals surface area contributed by atoms with Gasteiger partial charge in [0.25, 0.3) is 0 Å². The van der Waals surface area contributed by atoms with Crippen LogP contribution in [0.25, 0.3) is 0 Å². The van der Waals surface area contributed by atoms with E-state index in [1.165, 1.54) is 130 Å². The van der Waals surface area contributed by atoms with Crippen LogP contribution in [0.3, 0.4) is 0 Å². The van der Waals surface area contributed by atoms with Crippen LogP contribution in [0.1, 0.15) is 267 Å². The Hall–Kier alpha value is -2.61. The zero-order valence-corrected chi connectivity index (χ0v) is 58.3. The van der Waals surface area contributed by atoms with Crippen LogP contribution in [0.5, 0.6) is 0 Å². The van der Waals surface area contributed by atoms with E-state index in [2.05, 4.69) is 205 Å². The molecule has 2 fully saturated rings. The molecule has 0 aromatic rings. The molecule has 2 aliphatic carbocycles. The second-order valence-electron chi connectivity index (χ2n) is 26.4. The number of rotatable bonds is 31. The predicted molar refractivity (Wildman–Crippen MR) is 371 cm³/mol. The third-order valence-electron chi connectivity index (χ3n) is 19.5. The van der Waals surface area contributed by atoms with Crippen LogP contribution in [0.2, 0.25) is 0 Å². The fraction of sp³-hybridized carbons (Fsp3) is 0.718. The molecule has 2 heteroatoms. The molecule has 1 saturated heterocycles. The van der Waals surface area contributed by atoms with E-state index in [-0.39, 0.29) is 5.41 Å². The minimum Gasteiger partial charge on any atom is -0.300 e. The van der Waals surface area contributed by atoms with Crippen LogP contribution in [0.4, 0.5) is 0 Å². The molecule has 1 aliphatic heterocycles. The topological polar surface area (TPSA) is 3.24 Å². The van der Waals surface area contributed by atoms with Gasteiger partial charge in [0.15, 0.2) is 0 Å². The highest BCUT2D eigenvalue weighted by Gasteiger charge is 2.29. The lowest BCUT2D eigenvalue weighted by atomic mass is 9.71. The van der Waals surface area contributed by atoms with Gasteiger partial charge in [-0.05, 0) is 225 Å². The van der Waals surface area contributed by atoms with E-state index in [0.717, 1.165) is 72.8 Å². The molecule has 13 atom stereocenters. The van der Waals surface area contributed by atoms with Gasteiger partial charge >= 0.3 is 0 Å². The summed E-state index contributed by atoms with van der Waals surface area (Å²) in [6.07, 6.45) is 43.5. The Balaban J connectivity index is 0. The van der Waals surface area contributed by atoms with E-state index in [9.17, 15) is 0 Å². The number of likely N-dealkylation sites (N-methyl/N-ethyl adjacent to an activating group) is 1. The zero-order valence-electron chi connectivity index (χ0n) is 57.5. The van der Waals surface area contributed by atoms with Crippen molar-refractivity contribution < 1.29 is 0 Å². The van der Waals surface area contributed by atoms with Gasteiger partial charge < -0.3 is 0 Å². The molecule has 462 valence electrons. The van der Waals surface area contributed by atoms with Crippen molar-refractivity contribution in [3.8, 4) is 0 Å². The SMILES string of the molecule is C=C(CC[C@H](C)C[C@@H]1CCC(C)[C@H](CC)C1)C1CCCCN1C.C=CC(=C)C(C)(C)C(C)CC[C@H](C=C)CC/C(C)=C/C(/C=C\C(C)[C@@H](C)CC(C)C(=C)CC(C)/C(C)=C/CC(=C)CC)CC.CC.CC.CC1=CC(C)CC=C1Cl. The van der Waals surface area contributed by atoms with Crippen molar-refractivity contribution in [3.63, 3.8) is 0 Å². The van der Waals surface area contributed by atoms with Gasteiger partial charge in [-0.2, -0.15) is 0 Å². The standard InChI is InChI=1S/C44H74.C22H41N.C8H11Cl.2C2H6/c1-17-32(5)21-23-34(7)36(9)30-38(11)39(12)31-37(10)35(8)24-27-43(20-4)29-33(6)22-26-42(19-3)28-25-41(14)44(15,16)40(13)18-2;1-6-21-16-20(13-12-18(21)3)15-17(2)10-11-19(4)22-9-7-8-14-23(22)5;1-6-3-4-8(9)7(2)5-6;2*1-2/h18-19,23-24,27,29,35-37,39,41-43H,2-3,5,11,13,17,20-22,25-26,28,30-31H2,1,4,6-10,12,14-16H3;17-18,20-22H,4,6-16H2,1-3,5H3;4-6H,3H2,1-2H3;2*1-2H3/b27-24-,33-29+,34-23+;;;;/t35?,36?,37-,39?,41?,42+,43?;17-,18?,20-,21+,22?;;;/m00.../s1. The van der Waals surface area contributed by atoms with Crippen molar-refractivity contribution in [1.29, 1.82) is 0 Å². The van der Waals surface area contributed by atoms with Crippen LogP contribution in [-0.4, -0.2) is 24.5 Å². The van der Waals surface area contributed by atoms with E-state index >= 15 is 0 Å². The van der Waals surface area contributed by atoms with Crippen LogP contribution >= 0.6 is 11.6 Å². The Kier molecular flexibility index (Phi) is 44.5. The molecule has 0 amide bonds. The number of hydrogen-bond donors (Lipinski definition) is 0. The largest absolute Gasteiger partial charge is 0.300 e. The second-order valence-corrected chi connectivity index (χ2v) is 26.8. The summed E-state index contributed by atoms with van der Waals surface area (Å²) in [4.78, 5) is 2.53. The van der Waals surface area contributed by atoms with Crippen molar-refractivity contribution >= 4 is 11.6 Å². The van der Waals surface area contributed by atoms with E-state index in [1.54, 1.807) is 0 Å². The van der Waals surface area contributed by atoms with Crippen molar-refractivity contribution in [2.75, 3.05) is 13.6 Å². The van der Waals surface area contributed by atoms with Gasteiger partial charge in [0, 0.05) is 11.1 Å². The van der Waals surface area contributed by atoms with Crippen LogP contribution in [0, 0.1) is 76.4 Å². The lowest BCUT2D eigenvalue weighted by molar-refractivity contribution is 0.165. The molecular weight excluding hydrogens is 986 g/mol. The van der Waals surface area contributed by atoms with E-state index in [0.29, 0.717) is 53.4 Å². The number of allylic oxidation sites excluding steroid dienone is 15. The Morgan fingerprint density at radius 2 is 1.49 bits per heavy atom. The van der Waals surface area contributed by atoms with Gasteiger partial charge in [-0.25, -0.2) is 0 Å². The highest BCUT2D eigenvalue weighted by molar-refractivity contribution is 6.32.